The predicted molar refractivity (Wildman–Crippen MR) is 79.9 cm³/mol. The molecule has 0 aliphatic heterocycles. The molecule has 0 aromatic heterocycles. The minimum Gasteiger partial charge on any atom is -0.490 e. The molecule has 0 aliphatic rings. The minimum absolute atomic E-state index is 0.330. The summed E-state index contributed by atoms with van der Waals surface area (Å²) in [5.41, 5.74) is 3.49. The maximum atomic E-state index is 9.89. The van der Waals surface area contributed by atoms with E-state index in [4.69, 9.17) is 4.74 Å². The average Bonchev–Trinajstić information content (AvgIpc) is 2.33. The molecule has 1 aromatic carbocycles. The first-order valence-electron chi connectivity index (χ1n) is 7.00. The van der Waals surface area contributed by atoms with Crippen LogP contribution in [0.15, 0.2) is 12.1 Å². The molecule has 0 radical (unpaired) electrons. The zero-order valence-electron chi connectivity index (χ0n) is 12.8. The van der Waals surface area contributed by atoms with Gasteiger partial charge in [-0.05, 0) is 49.9 Å². The van der Waals surface area contributed by atoms with Crippen LogP contribution in [0.5, 0.6) is 5.75 Å². The summed E-state index contributed by atoms with van der Waals surface area (Å²) in [5.74, 6) is 1.50. The summed E-state index contributed by atoms with van der Waals surface area (Å²) in [6.07, 6.45) is -0.474. The number of ether oxygens (including phenoxy) is 1. The number of aryl methyl sites for hydroxylation is 2. The number of benzene rings is 1. The van der Waals surface area contributed by atoms with E-state index in [0.717, 1.165) is 23.4 Å². The molecule has 3 heteroatoms. The third-order valence-electron chi connectivity index (χ3n) is 3.23. The topological polar surface area (TPSA) is 41.5 Å². The second kappa shape index (κ2) is 7.51. The highest BCUT2D eigenvalue weighted by Crippen LogP contribution is 2.25. The third-order valence-corrected chi connectivity index (χ3v) is 3.23. The first kappa shape index (κ1) is 16.0. The van der Waals surface area contributed by atoms with Gasteiger partial charge in [-0.1, -0.05) is 26.0 Å². The van der Waals surface area contributed by atoms with Gasteiger partial charge in [0.25, 0.3) is 0 Å². The van der Waals surface area contributed by atoms with Crippen LogP contribution in [0, 0.1) is 26.7 Å². The van der Waals surface area contributed by atoms with E-state index >= 15 is 0 Å². The molecule has 0 bridgehead atoms. The van der Waals surface area contributed by atoms with E-state index in [1.807, 2.05) is 6.92 Å². The SMILES string of the molecule is Cc1ccc(C)c(OCC(O)CNCC(C)C)c1C. The van der Waals surface area contributed by atoms with Crippen LogP contribution < -0.4 is 10.1 Å². The lowest BCUT2D eigenvalue weighted by Crippen LogP contribution is -2.33. The van der Waals surface area contributed by atoms with Gasteiger partial charge >= 0.3 is 0 Å². The number of rotatable bonds is 7. The van der Waals surface area contributed by atoms with E-state index in [1.165, 1.54) is 5.56 Å². The second-order valence-corrected chi connectivity index (χ2v) is 5.67. The minimum atomic E-state index is -0.474. The molecule has 0 heterocycles. The van der Waals surface area contributed by atoms with Crippen LogP contribution in [0.25, 0.3) is 0 Å². The van der Waals surface area contributed by atoms with Crippen LogP contribution in [0.4, 0.5) is 0 Å². The van der Waals surface area contributed by atoms with E-state index in [9.17, 15) is 5.11 Å². The van der Waals surface area contributed by atoms with E-state index < -0.39 is 6.10 Å². The van der Waals surface area contributed by atoms with Crippen molar-refractivity contribution in [2.24, 2.45) is 5.92 Å². The molecule has 108 valence electrons. The fourth-order valence-corrected chi connectivity index (χ4v) is 1.92. The van der Waals surface area contributed by atoms with Crippen molar-refractivity contribution < 1.29 is 9.84 Å². The normalized spacial score (nSPS) is 12.8. The molecular formula is C16H27NO2. The molecule has 19 heavy (non-hydrogen) atoms. The van der Waals surface area contributed by atoms with Gasteiger partial charge < -0.3 is 15.2 Å². The zero-order chi connectivity index (χ0) is 14.4. The smallest absolute Gasteiger partial charge is 0.125 e. The summed E-state index contributed by atoms with van der Waals surface area (Å²) in [6, 6.07) is 4.15. The van der Waals surface area contributed by atoms with Crippen LogP contribution in [-0.4, -0.2) is 30.9 Å². The molecule has 0 amide bonds. The maximum Gasteiger partial charge on any atom is 0.125 e. The van der Waals surface area contributed by atoms with Crippen molar-refractivity contribution in [1.29, 1.82) is 0 Å². The summed E-state index contributed by atoms with van der Waals surface area (Å²) >= 11 is 0. The van der Waals surface area contributed by atoms with Gasteiger partial charge in [0.2, 0.25) is 0 Å². The lowest BCUT2D eigenvalue weighted by atomic mass is 10.1. The molecule has 0 aliphatic carbocycles. The number of aliphatic hydroxyl groups excluding tert-OH is 1. The summed E-state index contributed by atoms with van der Waals surface area (Å²) in [4.78, 5) is 0. The first-order valence-corrected chi connectivity index (χ1v) is 7.00. The highest BCUT2D eigenvalue weighted by Gasteiger charge is 2.10. The van der Waals surface area contributed by atoms with Crippen LogP contribution in [0.3, 0.4) is 0 Å². The van der Waals surface area contributed by atoms with E-state index in [2.05, 4.69) is 45.1 Å². The van der Waals surface area contributed by atoms with Crippen molar-refractivity contribution in [3.8, 4) is 5.75 Å². The van der Waals surface area contributed by atoms with Crippen LogP contribution in [-0.2, 0) is 0 Å². The van der Waals surface area contributed by atoms with Gasteiger partial charge in [-0.3, -0.25) is 0 Å². The van der Waals surface area contributed by atoms with Gasteiger partial charge in [0.1, 0.15) is 18.5 Å². The Morgan fingerprint density at radius 1 is 1.11 bits per heavy atom. The van der Waals surface area contributed by atoms with Gasteiger partial charge in [0.05, 0.1) is 0 Å². The molecule has 1 rings (SSSR count). The monoisotopic (exact) mass is 265 g/mol. The van der Waals surface area contributed by atoms with Crippen LogP contribution >= 0.6 is 0 Å². The third kappa shape index (κ3) is 5.21. The van der Waals surface area contributed by atoms with Gasteiger partial charge in [-0.2, -0.15) is 0 Å². The van der Waals surface area contributed by atoms with Crippen molar-refractivity contribution in [1.82, 2.24) is 5.32 Å². The summed E-state index contributed by atoms with van der Waals surface area (Å²) in [7, 11) is 0. The molecule has 0 saturated carbocycles. The van der Waals surface area contributed by atoms with Gasteiger partial charge in [0, 0.05) is 6.54 Å². The molecule has 1 unspecified atom stereocenters. The predicted octanol–water partition coefficient (Wildman–Crippen LogP) is 2.60. The Labute approximate surface area is 117 Å². The van der Waals surface area contributed by atoms with Crippen LogP contribution in [0.1, 0.15) is 30.5 Å². The Balaban J connectivity index is 2.46. The summed E-state index contributed by atoms with van der Waals surface area (Å²) < 4.78 is 5.78. The lowest BCUT2D eigenvalue weighted by Gasteiger charge is -2.17. The number of nitrogens with one attached hydrogen (secondary N) is 1. The summed E-state index contributed by atoms with van der Waals surface area (Å²) in [5, 5.41) is 13.1. The van der Waals surface area contributed by atoms with Crippen molar-refractivity contribution >= 4 is 0 Å². The molecule has 3 nitrogen and oxygen atoms in total. The van der Waals surface area contributed by atoms with Crippen molar-refractivity contribution in [3.05, 3.63) is 28.8 Å². The molecule has 0 spiro atoms. The molecule has 1 atom stereocenters. The Bertz CT molecular complexity index is 402. The maximum absolute atomic E-state index is 9.89. The van der Waals surface area contributed by atoms with E-state index in [0.29, 0.717) is 19.1 Å². The molecule has 0 saturated heterocycles. The van der Waals surface area contributed by atoms with Crippen molar-refractivity contribution in [2.45, 2.75) is 40.7 Å². The lowest BCUT2D eigenvalue weighted by molar-refractivity contribution is 0.105. The van der Waals surface area contributed by atoms with Crippen molar-refractivity contribution in [3.63, 3.8) is 0 Å². The number of hydrogen-bond donors (Lipinski definition) is 2. The van der Waals surface area contributed by atoms with Gasteiger partial charge in [0.15, 0.2) is 0 Å². The standard InChI is InChI=1S/C16H27NO2/c1-11(2)8-17-9-15(18)10-19-16-13(4)7-6-12(3)14(16)5/h6-7,11,15,17-18H,8-10H2,1-5H3. The number of hydrogen-bond acceptors (Lipinski definition) is 3. The van der Waals surface area contributed by atoms with Gasteiger partial charge in [-0.25, -0.2) is 0 Å². The highest BCUT2D eigenvalue weighted by molar-refractivity contribution is 5.44. The largest absolute Gasteiger partial charge is 0.490 e. The quantitative estimate of drug-likeness (QED) is 0.796. The molecule has 2 N–H and O–H groups in total. The molecule has 1 aromatic rings. The zero-order valence-corrected chi connectivity index (χ0v) is 12.8. The van der Waals surface area contributed by atoms with Gasteiger partial charge in [-0.15, -0.1) is 0 Å². The fourth-order valence-electron chi connectivity index (χ4n) is 1.92. The molecule has 0 fully saturated rings. The van der Waals surface area contributed by atoms with Crippen molar-refractivity contribution in [2.75, 3.05) is 19.7 Å². The molecular weight excluding hydrogens is 238 g/mol. The first-order chi connectivity index (χ1) is 8.91. The Hall–Kier alpha value is -1.06. The highest BCUT2D eigenvalue weighted by atomic mass is 16.5. The average molecular weight is 265 g/mol. The Kier molecular flexibility index (Phi) is 6.32. The van der Waals surface area contributed by atoms with E-state index in [1.54, 1.807) is 0 Å². The van der Waals surface area contributed by atoms with E-state index in [-0.39, 0.29) is 0 Å². The second-order valence-electron chi connectivity index (χ2n) is 5.67. The number of aliphatic hydroxyl groups is 1. The Morgan fingerprint density at radius 2 is 1.74 bits per heavy atom. The fraction of sp³-hybridized carbons (Fsp3) is 0.625. The van der Waals surface area contributed by atoms with Crippen LogP contribution in [0.2, 0.25) is 0 Å². The Morgan fingerprint density at radius 3 is 2.37 bits per heavy atom. The summed E-state index contributed by atoms with van der Waals surface area (Å²) in [6.45, 7) is 12.3.